The molecule has 136 valence electrons. The van der Waals surface area contributed by atoms with Crippen LogP contribution < -0.4 is 10.5 Å². The molecule has 9 heteroatoms. The number of hydrogen-bond donors (Lipinski definition) is 1. The van der Waals surface area contributed by atoms with Crippen LogP contribution in [0.2, 0.25) is 5.02 Å². The van der Waals surface area contributed by atoms with Crippen LogP contribution in [-0.2, 0) is 0 Å². The number of nitrogen functional groups attached to an aromatic ring is 1. The number of aromatic nitrogens is 4. The minimum Gasteiger partial charge on any atom is -0.494 e. The molecule has 2 aromatic heterocycles. The van der Waals surface area contributed by atoms with Gasteiger partial charge in [-0.1, -0.05) is 16.8 Å². The molecule has 0 radical (unpaired) electrons. The molecule has 2 heterocycles. The molecule has 4 aromatic rings. The highest BCUT2D eigenvalue weighted by molar-refractivity contribution is 7.13. The molecule has 2 N–H and O–H groups in total. The molecular formula is C18H13ClFN5OS. The highest BCUT2D eigenvalue weighted by atomic mass is 35.5. The zero-order valence-corrected chi connectivity index (χ0v) is 15.6. The van der Waals surface area contributed by atoms with E-state index in [2.05, 4.69) is 15.3 Å². The Labute approximate surface area is 163 Å². The van der Waals surface area contributed by atoms with Crippen molar-refractivity contribution in [3.05, 3.63) is 58.7 Å². The number of anilines is 1. The normalized spacial score (nSPS) is 10.9. The second-order valence-electron chi connectivity index (χ2n) is 5.60. The SMILES string of the molecule is COc1ccc(Cl)cc1-n1nnc(-c2nc(-c3ccc(F)cc3)cs2)c1N. The molecule has 0 saturated heterocycles. The lowest BCUT2D eigenvalue weighted by Crippen LogP contribution is -2.04. The van der Waals surface area contributed by atoms with Crippen molar-refractivity contribution >= 4 is 28.8 Å². The second-order valence-corrected chi connectivity index (χ2v) is 6.89. The van der Waals surface area contributed by atoms with Gasteiger partial charge in [0.15, 0.2) is 11.5 Å². The van der Waals surface area contributed by atoms with Crippen molar-refractivity contribution in [2.24, 2.45) is 0 Å². The van der Waals surface area contributed by atoms with Crippen LogP contribution in [0, 0.1) is 5.82 Å². The van der Waals surface area contributed by atoms with Crippen LogP contribution in [0.5, 0.6) is 5.75 Å². The molecule has 0 unspecified atom stereocenters. The fourth-order valence-corrected chi connectivity index (χ4v) is 3.57. The van der Waals surface area contributed by atoms with E-state index in [-0.39, 0.29) is 5.82 Å². The molecule has 0 amide bonds. The lowest BCUT2D eigenvalue weighted by Gasteiger charge is -2.09. The zero-order chi connectivity index (χ0) is 19.0. The lowest BCUT2D eigenvalue weighted by molar-refractivity contribution is 0.411. The quantitative estimate of drug-likeness (QED) is 0.546. The molecule has 27 heavy (non-hydrogen) atoms. The number of nitrogens with two attached hydrogens (primary N) is 1. The third-order valence-corrected chi connectivity index (χ3v) is 5.00. The fourth-order valence-electron chi connectivity index (χ4n) is 2.58. The van der Waals surface area contributed by atoms with Gasteiger partial charge in [-0.05, 0) is 42.5 Å². The van der Waals surface area contributed by atoms with Gasteiger partial charge in [-0.25, -0.2) is 9.37 Å². The number of thiazole rings is 1. The first-order valence-electron chi connectivity index (χ1n) is 7.83. The van der Waals surface area contributed by atoms with Crippen molar-refractivity contribution in [3.8, 4) is 33.4 Å². The Morgan fingerprint density at radius 2 is 1.96 bits per heavy atom. The summed E-state index contributed by atoms with van der Waals surface area (Å²) < 4.78 is 19.9. The molecule has 0 fully saturated rings. The average molecular weight is 402 g/mol. The zero-order valence-electron chi connectivity index (χ0n) is 14.1. The van der Waals surface area contributed by atoms with Crippen LogP contribution in [0.4, 0.5) is 10.2 Å². The summed E-state index contributed by atoms with van der Waals surface area (Å²) in [6.45, 7) is 0. The van der Waals surface area contributed by atoms with E-state index in [1.165, 1.54) is 28.2 Å². The minimum absolute atomic E-state index is 0.295. The molecule has 0 atom stereocenters. The molecule has 2 aromatic carbocycles. The molecule has 0 bridgehead atoms. The molecule has 0 spiro atoms. The summed E-state index contributed by atoms with van der Waals surface area (Å²) >= 11 is 7.47. The maximum atomic E-state index is 13.1. The molecule has 4 rings (SSSR count). The largest absolute Gasteiger partial charge is 0.494 e. The van der Waals surface area contributed by atoms with Gasteiger partial charge in [-0.15, -0.1) is 16.4 Å². The first kappa shape index (κ1) is 17.4. The number of ether oxygens (including phenoxy) is 1. The van der Waals surface area contributed by atoms with Gasteiger partial charge in [-0.3, -0.25) is 0 Å². The number of hydrogen-bond acceptors (Lipinski definition) is 6. The monoisotopic (exact) mass is 401 g/mol. The first-order valence-corrected chi connectivity index (χ1v) is 9.09. The van der Waals surface area contributed by atoms with E-state index in [1.807, 2.05) is 5.38 Å². The van der Waals surface area contributed by atoms with E-state index >= 15 is 0 Å². The summed E-state index contributed by atoms with van der Waals surface area (Å²) in [6, 6.07) is 11.3. The maximum Gasteiger partial charge on any atom is 0.165 e. The number of rotatable bonds is 4. The molecule has 6 nitrogen and oxygen atoms in total. The smallest absolute Gasteiger partial charge is 0.165 e. The summed E-state index contributed by atoms with van der Waals surface area (Å²) in [5, 5.41) is 11.3. The third-order valence-electron chi connectivity index (χ3n) is 3.92. The first-order chi connectivity index (χ1) is 13.1. The van der Waals surface area contributed by atoms with Crippen molar-refractivity contribution in [2.45, 2.75) is 0 Å². The van der Waals surface area contributed by atoms with E-state index in [9.17, 15) is 4.39 Å². The number of benzene rings is 2. The van der Waals surface area contributed by atoms with Crippen LogP contribution in [0.1, 0.15) is 0 Å². The average Bonchev–Trinajstić information content (AvgIpc) is 3.29. The number of nitrogens with zero attached hydrogens (tertiary/aromatic N) is 4. The molecule has 0 aliphatic carbocycles. The van der Waals surface area contributed by atoms with Gasteiger partial charge in [0.1, 0.15) is 22.3 Å². The van der Waals surface area contributed by atoms with Crippen molar-refractivity contribution in [3.63, 3.8) is 0 Å². The van der Waals surface area contributed by atoms with E-state index in [0.717, 1.165) is 5.56 Å². The van der Waals surface area contributed by atoms with Crippen molar-refractivity contribution in [2.75, 3.05) is 12.8 Å². The maximum absolute atomic E-state index is 13.1. The number of halogens is 2. The van der Waals surface area contributed by atoms with Gasteiger partial charge in [0.25, 0.3) is 0 Å². The predicted molar refractivity (Wildman–Crippen MR) is 104 cm³/mol. The minimum atomic E-state index is -0.295. The third kappa shape index (κ3) is 3.24. The summed E-state index contributed by atoms with van der Waals surface area (Å²) in [5.74, 6) is 0.584. The van der Waals surface area contributed by atoms with Crippen molar-refractivity contribution in [1.29, 1.82) is 0 Å². The second kappa shape index (κ2) is 6.98. The van der Waals surface area contributed by atoms with Crippen LogP contribution >= 0.6 is 22.9 Å². The highest BCUT2D eigenvalue weighted by Gasteiger charge is 2.19. The summed E-state index contributed by atoms with van der Waals surface area (Å²) in [6.07, 6.45) is 0. The topological polar surface area (TPSA) is 78.8 Å². The summed E-state index contributed by atoms with van der Waals surface area (Å²) in [5.41, 5.74) is 8.82. The Morgan fingerprint density at radius 1 is 1.19 bits per heavy atom. The Balaban J connectivity index is 1.73. The van der Waals surface area contributed by atoms with Crippen LogP contribution in [-0.4, -0.2) is 27.1 Å². The molecule has 0 aliphatic rings. The van der Waals surface area contributed by atoms with Gasteiger partial charge in [-0.2, -0.15) is 4.68 Å². The van der Waals surface area contributed by atoms with Crippen LogP contribution in [0.15, 0.2) is 47.8 Å². The Kier molecular flexibility index (Phi) is 4.51. The summed E-state index contributed by atoms with van der Waals surface area (Å²) in [7, 11) is 1.55. The van der Waals surface area contributed by atoms with Gasteiger partial charge >= 0.3 is 0 Å². The lowest BCUT2D eigenvalue weighted by atomic mass is 10.2. The van der Waals surface area contributed by atoms with E-state index < -0.39 is 0 Å². The van der Waals surface area contributed by atoms with E-state index in [0.29, 0.717) is 38.7 Å². The molecule has 0 saturated carbocycles. The standard InChI is InChI=1S/C18H13ClFN5OS/c1-26-15-7-4-11(19)8-14(15)25-17(21)16(23-24-25)18-22-13(9-27-18)10-2-5-12(20)6-3-10/h2-9H,21H2,1H3. The van der Waals surface area contributed by atoms with Crippen molar-refractivity contribution in [1.82, 2.24) is 20.0 Å². The Bertz CT molecular complexity index is 1110. The molecular weight excluding hydrogens is 389 g/mol. The summed E-state index contributed by atoms with van der Waals surface area (Å²) in [4.78, 5) is 4.55. The Morgan fingerprint density at radius 3 is 2.70 bits per heavy atom. The van der Waals surface area contributed by atoms with Crippen LogP contribution in [0.3, 0.4) is 0 Å². The van der Waals surface area contributed by atoms with Crippen molar-refractivity contribution < 1.29 is 9.13 Å². The van der Waals surface area contributed by atoms with Gasteiger partial charge in [0.05, 0.1) is 12.8 Å². The van der Waals surface area contributed by atoms with E-state index in [4.69, 9.17) is 22.1 Å². The van der Waals surface area contributed by atoms with Gasteiger partial charge in [0, 0.05) is 16.0 Å². The highest BCUT2D eigenvalue weighted by Crippen LogP contribution is 2.34. The van der Waals surface area contributed by atoms with Crippen LogP contribution in [0.25, 0.3) is 27.6 Å². The van der Waals surface area contributed by atoms with Gasteiger partial charge in [0.2, 0.25) is 0 Å². The fraction of sp³-hybridized carbons (Fsp3) is 0.0556. The van der Waals surface area contributed by atoms with Gasteiger partial charge < -0.3 is 10.5 Å². The number of methoxy groups -OCH3 is 1. The predicted octanol–water partition coefficient (Wildman–Crippen LogP) is 4.44. The van der Waals surface area contributed by atoms with E-state index in [1.54, 1.807) is 37.4 Å². The molecule has 0 aliphatic heterocycles. The Hall–Kier alpha value is -2.97.